The van der Waals surface area contributed by atoms with Gasteiger partial charge in [-0.15, -0.1) is 0 Å². The molecule has 1 aromatic heterocycles. The summed E-state index contributed by atoms with van der Waals surface area (Å²) in [6, 6.07) is 8.60. The number of aromatic hydroxyl groups is 1. The molecule has 0 fully saturated rings. The fourth-order valence-corrected chi connectivity index (χ4v) is 2.21. The van der Waals surface area contributed by atoms with Crippen molar-refractivity contribution in [3.8, 4) is 11.6 Å². The molecule has 0 aliphatic rings. The number of nitrogens with zero attached hydrogens (tertiary/aromatic N) is 1. The molecule has 0 bridgehead atoms. The highest BCUT2D eigenvalue weighted by molar-refractivity contribution is 5.85. The number of ether oxygens (including phenoxy) is 1. The molecule has 1 heterocycles. The highest BCUT2D eigenvalue weighted by Crippen LogP contribution is 2.24. The number of para-hydroxylation sites is 1. The molecule has 2 rings (SSSR count). The van der Waals surface area contributed by atoms with Gasteiger partial charge in [0, 0.05) is 17.9 Å². The standard InChI is InChI=1S/C17H21NO3/c1-2-3-4-5-6-10-16(20)21-15-12-11-13-8-7-9-14(19)17(13)18-15/h7-9,11-12,19H,2-6,10H2,1H3. The highest BCUT2D eigenvalue weighted by atomic mass is 16.5. The lowest BCUT2D eigenvalue weighted by molar-refractivity contribution is -0.134. The van der Waals surface area contributed by atoms with Gasteiger partial charge in [0.2, 0.25) is 5.88 Å². The maximum atomic E-state index is 11.7. The Balaban J connectivity index is 1.90. The van der Waals surface area contributed by atoms with Gasteiger partial charge < -0.3 is 9.84 Å². The molecule has 0 saturated carbocycles. The van der Waals surface area contributed by atoms with Crippen LogP contribution in [0.2, 0.25) is 0 Å². The Kier molecular flexibility index (Phi) is 5.55. The zero-order valence-corrected chi connectivity index (χ0v) is 12.3. The number of carbonyl (C=O) groups is 1. The molecule has 1 aromatic carbocycles. The van der Waals surface area contributed by atoms with Crippen molar-refractivity contribution in [2.75, 3.05) is 0 Å². The zero-order chi connectivity index (χ0) is 15.1. The smallest absolute Gasteiger partial charge is 0.312 e. The number of phenols is 1. The van der Waals surface area contributed by atoms with E-state index < -0.39 is 0 Å². The van der Waals surface area contributed by atoms with Gasteiger partial charge in [-0.3, -0.25) is 4.79 Å². The van der Waals surface area contributed by atoms with Crippen molar-refractivity contribution in [1.29, 1.82) is 0 Å². The monoisotopic (exact) mass is 287 g/mol. The van der Waals surface area contributed by atoms with Crippen molar-refractivity contribution in [3.63, 3.8) is 0 Å². The van der Waals surface area contributed by atoms with Crippen LogP contribution in [0.3, 0.4) is 0 Å². The van der Waals surface area contributed by atoms with Gasteiger partial charge in [-0.2, -0.15) is 0 Å². The van der Waals surface area contributed by atoms with Crippen molar-refractivity contribution in [2.45, 2.75) is 45.4 Å². The molecule has 0 unspecified atom stereocenters. The van der Waals surface area contributed by atoms with Crippen LogP contribution >= 0.6 is 0 Å². The largest absolute Gasteiger partial charge is 0.506 e. The number of pyridine rings is 1. The third kappa shape index (κ3) is 4.45. The summed E-state index contributed by atoms with van der Waals surface area (Å²) in [7, 11) is 0. The Morgan fingerprint density at radius 1 is 1.14 bits per heavy atom. The summed E-state index contributed by atoms with van der Waals surface area (Å²) in [5.41, 5.74) is 0.450. The van der Waals surface area contributed by atoms with Gasteiger partial charge in [0.15, 0.2) is 0 Å². The molecule has 0 saturated heterocycles. The van der Waals surface area contributed by atoms with Crippen molar-refractivity contribution in [2.24, 2.45) is 0 Å². The Morgan fingerprint density at radius 2 is 1.95 bits per heavy atom. The number of hydrogen-bond acceptors (Lipinski definition) is 4. The highest BCUT2D eigenvalue weighted by Gasteiger charge is 2.08. The molecule has 112 valence electrons. The van der Waals surface area contributed by atoms with E-state index in [1.54, 1.807) is 24.3 Å². The lowest BCUT2D eigenvalue weighted by atomic mass is 10.1. The van der Waals surface area contributed by atoms with Gasteiger partial charge in [0.25, 0.3) is 0 Å². The summed E-state index contributed by atoms with van der Waals surface area (Å²) in [5.74, 6) is 0.0568. The number of carbonyl (C=O) groups excluding carboxylic acids is 1. The molecule has 0 amide bonds. The number of phenolic OH excluding ortho intramolecular Hbond substituents is 1. The average Bonchev–Trinajstić information content (AvgIpc) is 2.48. The van der Waals surface area contributed by atoms with Gasteiger partial charge in [0.05, 0.1) is 0 Å². The van der Waals surface area contributed by atoms with Gasteiger partial charge in [-0.05, 0) is 18.6 Å². The van der Waals surface area contributed by atoms with Gasteiger partial charge in [-0.25, -0.2) is 4.98 Å². The number of aromatic nitrogens is 1. The minimum atomic E-state index is -0.270. The number of fused-ring (bicyclic) bond motifs is 1. The van der Waals surface area contributed by atoms with Crippen LogP contribution in [0.4, 0.5) is 0 Å². The van der Waals surface area contributed by atoms with Crippen LogP contribution in [-0.4, -0.2) is 16.1 Å². The van der Waals surface area contributed by atoms with E-state index in [1.165, 1.54) is 12.8 Å². The maximum absolute atomic E-state index is 11.7. The Morgan fingerprint density at radius 3 is 2.76 bits per heavy atom. The van der Waals surface area contributed by atoms with Crippen molar-refractivity contribution in [3.05, 3.63) is 30.3 Å². The first kappa shape index (κ1) is 15.3. The molecule has 1 N–H and O–H groups in total. The fraction of sp³-hybridized carbons (Fsp3) is 0.412. The molecular formula is C17H21NO3. The van der Waals surface area contributed by atoms with E-state index in [-0.39, 0.29) is 17.6 Å². The minimum absolute atomic E-state index is 0.0879. The molecule has 0 aliphatic carbocycles. The lowest BCUT2D eigenvalue weighted by Crippen LogP contribution is -2.08. The van der Waals surface area contributed by atoms with E-state index in [9.17, 15) is 9.90 Å². The molecule has 0 spiro atoms. The van der Waals surface area contributed by atoms with Gasteiger partial charge in [-0.1, -0.05) is 44.7 Å². The fourth-order valence-electron chi connectivity index (χ4n) is 2.21. The van der Waals surface area contributed by atoms with E-state index in [0.29, 0.717) is 11.9 Å². The third-order valence-electron chi connectivity index (χ3n) is 3.38. The topological polar surface area (TPSA) is 59.4 Å². The average molecular weight is 287 g/mol. The zero-order valence-electron chi connectivity index (χ0n) is 12.3. The number of benzene rings is 1. The van der Waals surface area contributed by atoms with Crippen molar-refractivity contribution in [1.82, 2.24) is 4.98 Å². The molecule has 4 heteroatoms. The van der Waals surface area contributed by atoms with E-state index >= 15 is 0 Å². The summed E-state index contributed by atoms with van der Waals surface area (Å²) in [5, 5.41) is 10.6. The number of hydrogen-bond donors (Lipinski definition) is 1. The first-order valence-corrected chi connectivity index (χ1v) is 7.50. The minimum Gasteiger partial charge on any atom is -0.506 e. The summed E-state index contributed by atoms with van der Waals surface area (Å²) < 4.78 is 5.22. The summed E-state index contributed by atoms with van der Waals surface area (Å²) in [6.07, 6.45) is 5.86. The van der Waals surface area contributed by atoms with Crippen LogP contribution in [0.25, 0.3) is 10.9 Å². The molecule has 0 radical (unpaired) electrons. The van der Waals surface area contributed by atoms with E-state index in [4.69, 9.17) is 4.74 Å². The first-order valence-electron chi connectivity index (χ1n) is 7.50. The first-order chi connectivity index (χ1) is 10.2. The molecule has 4 nitrogen and oxygen atoms in total. The summed E-state index contributed by atoms with van der Waals surface area (Å²) in [6.45, 7) is 2.16. The van der Waals surface area contributed by atoms with E-state index in [2.05, 4.69) is 11.9 Å². The second-order valence-corrected chi connectivity index (χ2v) is 5.14. The predicted molar refractivity (Wildman–Crippen MR) is 82.4 cm³/mol. The molecule has 21 heavy (non-hydrogen) atoms. The van der Waals surface area contributed by atoms with Crippen LogP contribution in [-0.2, 0) is 4.79 Å². The molecule has 2 aromatic rings. The quantitative estimate of drug-likeness (QED) is 0.612. The Hall–Kier alpha value is -2.10. The number of esters is 1. The number of unbranched alkanes of at least 4 members (excludes halogenated alkanes) is 4. The predicted octanol–water partition coefficient (Wildman–Crippen LogP) is 4.21. The van der Waals surface area contributed by atoms with E-state index in [0.717, 1.165) is 24.6 Å². The molecule has 0 aliphatic heterocycles. The van der Waals surface area contributed by atoms with Crippen LogP contribution in [0.15, 0.2) is 30.3 Å². The van der Waals surface area contributed by atoms with Crippen LogP contribution in [0, 0.1) is 0 Å². The van der Waals surface area contributed by atoms with Gasteiger partial charge in [0.1, 0.15) is 11.3 Å². The number of rotatable bonds is 7. The molecular weight excluding hydrogens is 266 g/mol. The SMILES string of the molecule is CCCCCCCC(=O)Oc1ccc2cccc(O)c2n1. The third-order valence-corrected chi connectivity index (χ3v) is 3.38. The summed E-state index contributed by atoms with van der Waals surface area (Å²) in [4.78, 5) is 15.9. The maximum Gasteiger partial charge on any atom is 0.312 e. The van der Waals surface area contributed by atoms with Crippen LogP contribution in [0.5, 0.6) is 11.6 Å². The second kappa shape index (κ2) is 7.62. The Labute approximate surface area is 124 Å². The normalized spacial score (nSPS) is 10.7. The van der Waals surface area contributed by atoms with E-state index in [1.807, 2.05) is 6.07 Å². The van der Waals surface area contributed by atoms with Gasteiger partial charge >= 0.3 is 5.97 Å². The second-order valence-electron chi connectivity index (χ2n) is 5.14. The van der Waals surface area contributed by atoms with Crippen LogP contribution in [0.1, 0.15) is 45.4 Å². The van der Waals surface area contributed by atoms with Crippen LogP contribution < -0.4 is 4.74 Å². The van der Waals surface area contributed by atoms with Crippen molar-refractivity contribution >= 4 is 16.9 Å². The van der Waals surface area contributed by atoms with Crippen molar-refractivity contribution < 1.29 is 14.6 Å². The lowest BCUT2D eigenvalue weighted by Gasteiger charge is -2.05. The molecule has 0 atom stereocenters. The summed E-state index contributed by atoms with van der Waals surface area (Å²) >= 11 is 0. The Bertz CT molecular complexity index is 610.